The fourth-order valence-electron chi connectivity index (χ4n) is 2.95. The molecule has 0 radical (unpaired) electrons. The van der Waals surface area contributed by atoms with Gasteiger partial charge in [-0.2, -0.15) is 5.10 Å². The summed E-state index contributed by atoms with van der Waals surface area (Å²) in [5.41, 5.74) is 2.04. The number of methoxy groups -OCH3 is 1. The Morgan fingerprint density at radius 2 is 2.29 bits per heavy atom. The van der Waals surface area contributed by atoms with Gasteiger partial charge in [0.1, 0.15) is 0 Å². The van der Waals surface area contributed by atoms with Gasteiger partial charge in [-0.15, -0.1) is 0 Å². The molecular formula is C16H20ClN3O. The molecule has 2 aromatic rings. The Morgan fingerprint density at radius 3 is 3.05 bits per heavy atom. The number of ether oxygens (including phenoxy) is 1. The van der Waals surface area contributed by atoms with E-state index in [9.17, 15) is 0 Å². The molecule has 0 saturated heterocycles. The predicted molar refractivity (Wildman–Crippen MR) is 85.2 cm³/mol. The van der Waals surface area contributed by atoms with Crippen molar-refractivity contribution in [1.29, 1.82) is 0 Å². The zero-order chi connectivity index (χ0) is 14.7. The van der Waals surface area contributed by atoms with Crippen molar-refractivity contribution in [3.05, 3.63) is 41.7 Å². The minimum Gasteiger partial charge on any atom is -0.381 e. The average molecular weight is 306 g/mol. The molecule has 1 saturated carbocycles. The van der Waals surface area contributed by atoms with Gasteiger partial charge in [0, 0.05) is 30.6 Å². The lowest BCUT2D eigenvalue weighted by atomic mass is 9.92. The van der Waals surface area contributed by atoms with Crippen LogP contribution >= 0.6 is 11.6 Å². The van der Waals surface area contributed by atoms with Gasteiger partial charge >= 0.3 is 0 Å². The van der Waals surface area contributed by atoms with Crippen LogP contribution in [-0.2, 0) is 4.74 Å². The molecule has 2 atom stereocenters. The summed E-state index contributed by atoms with van der Waals surface area (Å²) in [6.07, 6.45) is 8.59. The summed E-state index contributed by atoms with van der Waals surface area (Å²) in [6, 6.07) is 8.18. The molecule has 1 heterocycles. The normalized spacial score (nSPS) is 22.2. The van der Waals surface area contributed by atoms with Gasteiger partial charge in [-0.05, 0) is 49.9 Å². The molecule has 5 heteroatoms. The summed E-state index contributed by atoms with van der Waals surface area (Å²) in [5.74, 6) is 0. The van der Waals surface area contributed by atoms with Gasteiger partial charge in [-0.3, -0.25) is 0 Å². The molecule has 0 amide bonds. The first kappa shape index (κ1) is 14.4. The van der Waals surface area contributed by atoms with E-state index < -0.39 is 0 Å². The SMILES string of the molecule is COC1CCCC(Nc2cc(Cl)ccc2-n2cccn2)C1. The highest BCUT2D eigenvalue weighted by atomic mass is 35.5. The summed E-state index contributed by atoms with van der Waals surface area (Å²) in [7, 11) is 1.79. The van der Waals surface area contributed by atoms with Crippen molar-refractivity contribution in [1.82, 2.24) is 9.78 Å². The van der Waals surface area contributed by atoms with Crippen LogP contribution in [0, 0.1) is 0 Å². The van der Waals surface area contributed by atoms with Crippen molar-refractivity contribution in [2.45, 2.75) is 37.8 Å². The zero-order valence-corrected chi connectivity index (χ0v) is 12.9. The van der Waals surface area contributed by atoms with Crippen LogP contribution in [0.5, 0.6) is 0 Å². The molecule has 4 nitrogen and oxygen atoms in total. The Balaban J connectivity index is 1.82. The Labute approximate surface area is 130 Å². The average Bonchev–Trinajstić information content (AvgIpc) is 3.02. The first-order valence-electron chi connectivity index (χ1n) is 7.35. The number of rotatable bonds is 4. The lowest BCUT2D eigenvalue weighted by Crippen LogP contribution is -2.31. The van der Waals surface area contributed by atoms with Gasteiger partial charge in [-0.25, -0.2) is 4.68 Å². The molecule has 1 aliphatic rings. The highest BCUT2D eigenvalue weighted by molar-refractivity contribution is 6.31. The molecule has 0 aliphatic heterocycles. The molecule has 112 valence electrons. The van der Waals surface area contributed by atoms with E-state index in [1.165, 1.54) is 6.42 Å². The van der Waals surface area contributed by atoms with E-state index in [1.54, 1.807) is 13.3 Å². The van der Waals surface area contributed by atoms with Gasteiger partial charge in [0.2, 0.25) is 0 Å². The second-order valence-corrected chi connectivity index (χ2v) is 5.91. The van der Waals surface area contributed by atoms with Crippen molar-refractivity contribution in [3.8, 4) is 5.69 Å². The summed E-state index contributed by atoms with van der Waals surface area (Å²) in [6.45, 7) is 0. The first-order chi connectivity index (χ1) is 10.3. The molecule has 1 N–H and O–H groups in total. The first-order valence-corrected chi connectivity index (χ1v) is 7.73. The van der Waals surface area contributed by atoms with E-state index in [-0.39, 0.29) is 0 Å². The fraction of sp³-hybridized carbons (Fsp3) is 0.438. The van der Waals surface area contributed by atoms with Gasteiger partial charge in [0.25, 0.3) is 0 Å². The maximum Gasteiger partial charge on any atom is 0.0877 e. The molecule has 2 unspecified atom stereocenters. The minimum atomic E-state index is 0.351. The van der Waals surface area contributed by atoms with Crippen molar-refractivity contribution >= 4 is 17.3 Å². The van der Waals surface area contributed by atoms with Crippen LogP contribution < -0.4 is 5.32 Å². The second-order valence-electron chi connectivity index (χ2n) is 5.48. The monoisotopic (exact) mass is 305 g/mol. The van der Waals surface area contributed by atoms with Gasteiger partial charge in [0.05, 0.1) is 17.5 Å². The number of halogens is 1. The highest BCUT2D eigenvalue weighted by Crippen LogP contribution is 2.29. The van der Waals surface area contributed by atoms with E-state index in [4.69, 9.17) is 16.3 Å². The van der Waals surface area contributed by atoms with E-state index in [1.807, 2.05) is 35.1 Å². The third-order valence-electron chi connectivity index (χ3n) is 4.03. The van der Waals surface area contributed by atoms with E-state index in [0.717, 1.165) is 35.7 Å². The Hall–Kier alpha value is -1.52. The predicted octanol–water partition coefficient (Wildman–Crippen LogP) is 3.90. The van der Waals surface area contributed by atoms with Crippen molar-refractivity contribution in [3.63, 3.8) is 0 Å². The summed E-state index contributed by atoms with van der Waals surface area (Å²) < 4.78 is 7.36. The van der Waals surface area contributed by atoms with Gasteiger partial charge in [0.15, 0.2) is 0 Å². The number of anilines is 1. The maximum atomic E-state index is 6.16. The molecule has 3 rings (SSSR count). The van der Waals surface area contributed by atoms with Crippen LogP contribution in [-0.4, -0.2) is 29.0 Å². The summed E-state index contributed by atoms with van der Waals surface area (Å²) >= 11 is 6.16. The van der Waals surface area contributed by atoms with Crippen LogP contribution in [0.4, 0.5) is 5.69 Å². The van der Waals surface area contributed by atoms with Crippen molar-refractivity contribution in [2.24, 2.45) is 0 Å². The third-order valence-corrected chi connectivity index (χ3v) is 4.26. The minimum absolute atomic E-state index is 0.351. The van der Waals surface area contributed by atoms with Crippen LogP contribution in [0.1, 0.15) is 25.7 Å². The lowest BCUT2D eigenvalue weighted by Gasteiger charge is -2.30. The molecular weight excluding hydrogens is 286 g/mol. The molecule has 21 heavy (non-hydrogen) atoms. The van der Waals surface area contributed by atoms with Crippen LogP contribution in [0.15, 0.2) is 36.7 Å². The number of aromatic nitrogens is 2. The molecule has 1 aliphatic carbocycles. The van der Waals surface area contributed by atoms with Crippen molar-refractivity contribution < 1.29 is 4.74 Å². The van der Waals surface area contributed by atoms with E-state index in [0.29, 0.717) is 12.1 Å². The maximum absolute atomic E-state index is 6.16. The Bertz CT molecular complexity index is 585. The molecule has 1 aromatic heterocycles. The standard InChI is InChI=1S/C16H20ClN3O/c1-21-14-5-2-4-13(11-14)19-15-10-12(17)6-7-16(15)20-9-3-8-18-20/h3,6-10,13-14,19H,2,4-5,11H2,1H3. The van der Waals surface area contributed by atoms with Gasteiger partial charge < -0.3 is 10.1 Å². The lowest BCUT2D eigenvalue weighted by molar-refractivity contribution is 0.0669. The largest absolute Gasteiger partial charge is 0.381 e. The molecule has 0 spiro atoms. The van der Waals surface area contributed by atoms with Crippen LogP contribution in [0.25, 0.3) is 5.69 Å². The van der Waals surface area contributed by atoms with Gasteiger partial charge in [-0.1, -0.05) is 11.6 Å². The van der Waals surface area contributed by atoms with E-state index >= 15 is 0 Å². The summed E-state index contributed by atoms with van der Waals surface area (Å²) in [5, 5.41) is 8.66. The zero-order valence-electron chi connectivity index (χ0n) is 12.1. The quantitative estimate of drug-likeness (QED) is 0.931. The topological polar surface area (TPSA) is 39.1 Å². The smallest absolute Gasteiger partial charge is 0.0877 e. The number of nitrogens with one attached hydrogen (secondary N) is 1. The number of hydrogen-bond acceptors (Lipinski definition) is 3. The summed E-state index contributed by atoms with van der Waals surface area (Å²) in [4.78, 5) is 0. The number of hydrogen-bond donors (Lipinski definition) is 1. The number of nitrogens with zero attached hydrogens (tertiary/aromatic N) is 2. The van der Waals surface area contributed by atoms with E-state index in [2.05, 4.69) is 10.4 Å². The van der Waals surface area contributed by atoms with Crippen LogP contribution in [0.2, 0.25) is 5.02 Å². The Kier molecular flexibility index (Phi) is 4.46. The second kappa shape index (κ2) is 6.50. The fourth-order valence-corrected chi connectivity index (χ4v) is 3.12. The Morgan fingerprint density at radius 1 is 1.38 bits per heavy atom. The molecule has 0 bridgehead atoms. The highest BCUT2D eigenvalue weighted by Gasteiger charge is 2.22. The number of benzene rings is 1. The molecule has 1 fully saturated rings. The third kappa shape index (κ3) is 3.39. The van der Waals surface area contributed by atoms with Crippen LogP contribution in [0.3, 0.4) is 0 Å². The molecule has 1 aromatic carbocycles. The van der Waals surface area contributed by atoms with Crippen molar-refractivity contribution in [2.75, 3.05) is 12.4 Å².